The maximum atomic E-state index is 12.3. The Hall–Kier alpha value is -2.60. The number of hydrogen-bond donors (Lipinski definition) is 1. The number of ether oxygens (including phenoxy) is 2. The van der Waals surface area contributed by atoms with Crippen molar-refractivity contribution in [1.29, 1.82) is 0 Å². The van der Waals surface area contributed by atoms with E-state index in [1.165, 1.54) is 13.2 Å². The van der Waals surface area contributed by atoms with Gasteiger partial charge in [-0.1, -0.05) is 30.3 Å². The molecule has 2 heterocycles. The highest BCUT2D eigenvalue weighted by Gasteiger charge is 2.48. The lowest BCUT2D eigenvalue weighted by Crippen LogP contribution is -2.50. The van der Waals surface area contributed by atoms with Gasteiger partial charge in [0.2, 0.25) is 0 Å². The average Bonchev–Trinajstić information content (AvgIpc) is 2.53. The average molecular weight is 316 g/mol. The van der Waals surface area contributed by atoms with Crippen LogP contribution in [0, 0.1) is 6.92 Å². The van der Waals surface area contributed by atoms with Gasteiger partial charge >= 0.3 is 17.4 Å². The molecule has 0 saturated carbocycles. The summed E-state index contributed by atoms with van der Waals surface area (Å²) in [4.78, 5) is 24.2. The first-order valence-electron chi connectivity index (χ1n) is 7.14. The molecule has 0 amide bonds. The second-order valence-electron chi connectivity index (χ2n) is 5.47. The van der Waals surface area contributed by atoms with Crippen LogP contribution in [0.15, 0.2) is 45.6 Å². The predicted octanol–water partition coefficient (Wildman–Crippen LogP) is 1.72. The van der Waals surface area contributed by atoms with E-state index < -0.39 is 23.3 Å². The molecule has 0 saturated heterocycles. The SMILES string of the molecule is COC(=O)C1(O)CC(c2ccccc2)c2c(cc(C)oc2=O)O1. The van der Waals surface area contributed by atoms with Gasteiger partial charge in [0.25, 0.3) is 0 Å². The van der Waals surface area contributed by atoms with E-state index in [9.17, 15) is 14.7 Å². The van der Waals surface area contributed by atoms with E-state index in [4.69, 9.17) is 9.15 Å². The van der Waals surface area contributed by atoms with E-state index in [1.54, 1.807) is 6.92 Å². The van der Waals surface area contributed by atoms with Gasteiger partial charge in [-0.3, -0.25) is 0 Å². The molecule has 0 spiro atoms. The van der Waals surface area contributed by atoms with Gasteiger partial charge in [0.1, 0.15) is 11.5 Å². The lowest BCUT2D eigenvalue weighted by Gasteiger charge is -2.35. The number of benzene rings is 1. The van der Waals surface area contributed by atoms with Crippen LogP contribution in [0.1, 0.15) is 29.2 Å². The highest BCUT2D eigenvalue weighted by Crippen LogP contribution is 2.42. The summed E-state index contributed by atoms with van der Waals surface area (Å²) in [7, 11) is 1.17. The van der Waals surface area contributed by atoms with E-state index in [0.717, 1.165) is 5.56 Å². The zero-order valence-corrected chi connectivity index (χ0v) is 12.7. The predicted molar refractivity (Wildman–Crippen MR) is 80.2 cm³/mol. The van der Waals surface area contributed by atoms with Gasteiger partial charge in [-0.25, -0.2) is 9.59 Å². The van der Waals surface area contributed by atoms with Crippen LogP contribution in [0.2, 0.25) is 0 Å². The monoisotopic (exact) mass is 316 g/mol. The molecular formula is C17H16O6. The van der Waals surface area contributed by atoms with Crippen molar-refractivity contribution in [3.05, 3.63) is 63.7 Å². The molecule has 2 atom stereocenters. The number of rotatable bonds is 2. The van der Waals surface area contributed by atoms with Crippen LogP contribution in [0.4, 0.5) is 0 Å². The van der Waals surface area contributed by atoms with Crippen molar-refractivity contribution in [2.45, 2.75) is 25.0 Å². The number of esters is 1. The minimum Gasteiger partial charge on any atom is -0.464 e. The molecule has 120 valence electrons. The number of carbonyl (C=O) groups excluding carboxylic acids is 1. The highest BCUT2D eigenvalue weighted by molar-refractivity contribution is 5.78. The van der Waals surface area contributed by atoms with E-state index in [2.05, 4.69) is 4.74 Å². The number of methoxy groups -OCH3 is 1. The molecule has 2 unspecified atom stereocenters. The molecule has 0 fully saturated rings. The maximum absolute atomic E-state index is 12.3. The second-order valence-corrected chi connectivity index (χ2v) is 5.47. The summed E-state index contributed by atoms with van der Waals surface area (Å²) in [5.41, 5.74) is 0.520. The van der Waals surface area contributed by atoms with Gasteiger partial charge in [0, 0.05) is 18.4 Å². The van der Waals surface area contributed by atoms with Crippen LogP contribution in [-0.4, -0.2) is 24.0 Å². The number of carbonyl (C=O) groups is 1. The quantitative estimate of drug-likeness (QED) is 0.849. The normalized spacial score (nSPS) is 22.8. The Morgan fingerprint density at radius 2 is 2.04 bits per heavy atom. The van der Waals surface area contributed by atoms with E-state index >= 15 is 0 Å². The third-order valence-electron chi connectivity index (χ3n) is 3.89. The Bertz CT molecular complexity index is 794. The number of aliphatic hydroxyl groups is 1. The van der Waals surface area contributed by atoms with Crippen molar-refractivity contribution < 1.29 is 23.8 Å². The molecule has 1 N–H and O–H groups in total. The van der Waals surface area contributed by atoms with Crippen molar-refractivity contribution in [2.75, 3.05) is 7.11 Å². The largest absolute Gasteiger partial charge is 0.464 e. The Morgan fingerprint density at radius 3 is 2.70 bits per heavy atom. The Balaban J connectivity index is 2.20. The third-order valence-corrected chi connectivity index (χ3v) is 3.89. The Labute approximate surface area is 132 Å². The van der Waals surface area contributed by atoms with Crippen molar-refractivity contribution in [3.63, 3.8) is 0 Å². The minimum absolute atomic E-state index is 0.131. The molecule has 1 aliphatic rings. The van der Waals surface area contributed by atoms with Gasteiger partial charge < -0.3 is 19.0 Å². The van der Waals surface area contributed by atoms with Gasteiger partial charge in [-0.15, -0.1) is 0 Å². The molecule has 2 aromatic rings. The van der Waals surface area contributed by atoms with Gasteiger partial charge in [0.05, 0.1) is 12.7 Å². The second kappa shape index (κ2) is 5.55. The zero-order valence-electron chi connectivity index (χ0n) is 12.7. The molecule has 0 radical (unpaired) electrons. The fourth-order valence-corrected chi connectivity index (χ4v) is 2.85. The number of hydrogen-bond acceptors (Lipinski definition) is 6. The molecule has 6 nitrogen and oxygen atoms in total. The highest BCUT2D eigenvalue weighted by atomic mass is 16.7. The smallest absolute Gasteiger partial charge is 0.379 e. The molecule has 3 rings (SSSR count). The third kappa shape index (κ3) is 2.61. The van der Waals surface area contributed by atoms with Gasteiger partial charge in [-0.2, -0.15) is 0 Å². The minimum atomic E-state index is -2.15. The van der Waals surface area contributed by atoms with Crippen LogP contribution in [-0.2, 0) is 9.53 Å². The summed E-state index contributed by atoms with van der Waals surface area (Å²) in [5, 5.41) is 10.6. The topological polar surface area (TPSA) is 86.0 Å². The molecule has 1 aromatic heterocycles. The molecule has 1 aliphatic heterocycles. The van der Waals surface area contributed by atoms with Crippen molar-refractivity contribution >= 4 is 5.97 Å². The van der Waals surface area contributed by atoms with Crippen molar-refractivity contribution in [1.82, 2.24) is 0 Å². The Kier molecular flexibility index (Phi) is 3.69. The number of fused-ring (bicyclic) bond motifs is 1. The zero-order chi connectivity index (χ0) is 16.6. The summed E-state index contributed by atoms with van der Waals surface area (Å²) in [6.45, 7) is 1.59. The fraction of sp³-hybridized carbons (Fsp3) is 0.294. The van der Waals surface area contributed by atoms with Crippen LogP contribution in [0.5, 0.6) is 5.75 Å². The van der Waals surface area contributed by atoms with Crippen LogP contribution in [0.3, 0.4) is 0 Å². The fourth-order valence-electron chi connectivity index (χ4n) is 2.85. The summed E-state index contributed by atoms with van der Waals surface area (Å²) in [5.74, 6) is -3.14. The summed E-state index contributed by atoms with van der Waals surface area (Å²) in [6, 6.07) is 10.6. The standard InChI is InChI=1S/C17H16O6/c1-10-8-13-14(15(18)22-10)12(11-6-4-3-5-7-11)9-17(20,23-13)16(19)21-2/h3-8,12,20H,9H2,1-2H3. The lowest BCUT2D eigenvalue weighted by molar-refractivity contribution is -0.203. The van der Waals surface area contributed by atoms with Crippen LogP contribution >= 0.6 is 0 Å². The van der Waals surface area contributed by atoms with E-state index in [1.807, 2.05) is 30.3 Å². The van der Waals surface area contributed by atoms with Gasteiger partial charge in [0.15, 0.2) is 0 Å². The van der Waals surface area contributed by atoms with Crippen LogP contribution in [0.25, 0.3) is 0 Å². The Morgan fingerprint density at radius 1 is 1.35 bits per heavy atom. The lowest BCUT2D eigenvalue weighted by atomic mass is 9.83. The number of aryl methyl sites for hydroxylation is 1. The molecule has 6 heteroatoms. The maximum Gasteiger partial charge on any atom is 0.379 e. The molecule has 0 aliphatic carbocycles. The molecule has 23 heavy (non-hydrogen) atoms. The van der Waals surface area contributed by atoms with E-state index in [-0.39, 0.29) is 17.7 Å². The summed E-state index contributed by atoms with van der Waals surface area (Å²) >= 11 is 0. The summed E-state index contributed by atoms with van der Waals surface area (Å²) in [6.07, 6.45) is -0.134. The van der Waals surface area contributed by atoms with Crippen LogP contribution < -0.4 is 10.4 Å². The van der Waals surface area contributed by atoms with Gasteiger partial charge in [-0.05, 0) is 12.5 Å². The molecular weight excluding hydrogens is 300 g/mol. The van der Waals surface area contributed by atoms with Crippen molar-refractivity contribution in [3.8, 4) is 5.75 Å². The van der Waals surface area contributed by atoms with E-state index in [0.29, 0.717) is 5.76 Å². The van der Waals surface area contributed by atoms with Crippen molar-refractivity contribution in [2.24, 2.45) is 0 Å². The summed E-state index contributed by atoms with van der Waals surface area (Å²) < 4.78 is 15.2. The first kappa shape index (κ1) is 15.3. The first-order valence-corrected chi connectivity index (χ1v) is 7.14. The molecule has 0 bridgehead atoms. The first-order chi connectivity index (χ1) is 10.9. The molecule has 1 aromatic carbocycles.